The molecule has 4 aromatic carbocycles. The van der Waals surface area contributed by atoms with Gasteiger partial charge in [0.1, 0.15) is 11.6 Å². The van der Waals surface area contributed by atoms with Crippen LogP contribution in [0, 0.1) is 18.6 Å². The Morgan fingerprint density at radius 1 is 0.900 bits per heavy atom. The summed E-state index contributed by atoms with van der Waals surface area (Å²) in [6.45, 7) is 1.51. The maximum absolute atomic E-state index is 14.2. The molecule has 3 amide bonds. The number of benzodiazepines with no additional fused rings is 1. The van der Waals surface area contributed by atoms with Crippen LogP contribution in [0.15, 0.2) is 102 Å². The van der Waals surface area contributed by atoms with Gasteiger partial charge in [0.15, 0.2) is 5.78 Å². The summed E-state index contributed by atoms with van der Waals surface area (Å²) in [6, 6.07) is 25.0. The van der Waals surface area contributed by atoms with Crippen LogP contribution in [0.1, 0.15) is 27.0 Å². The second kappa shape index (κ2) is 11.3. The van der Waals surface area contributed by atoms with Crippen molar-refractivity contribution in [3.05, 3.63) is 131 Å². The van der Waals surface area contributed by atoms with Crippen LogP contribution in [0.3, 0.4) is 0 Å². The molecular weight excluding hydrogens is 514 g/mol. The van der Waals surface area contributed by atoms with Crippen LogP contribution in [0.25, 0.3) is 0 Å². The predicted molar refractivity (Wildman–Crippen MR) is 149 cm³/mol. The lowest BCUT2D eigenvalue weighted by molar-refractivity contribution is -0.120. The SMILES string of the molecule is Cc1ccccc1C(=O)CN1C(=O)[C@H](NC(=O)Nc2ccc(F)cc2F)N=C(c2ccccc2)c2ccccc21. The molecule has 0 aliphatic carbocycles. The number of benzene rings is 4. The molecule has 1 aliphatic heterocycles. The molecular formula is C31H24F2N4O3. The average molecular weight is 539 g/mol. The molecule has 0 fully saturated rings. The fourth-order valence-corrected chi connectivity index (χ4v) is 4.50. The van der Waals surface area contributed by atoms with E-state index in [-0.39, 0.29) is 18.0 Å². The Morgan fingerprint density at radius 3 is 2.35 bits per heavy atom. The average Bonchev–Trinajstić information content (AvgIpc) is 3.06. The van der Waals surface area contributed by atoms with Gasteiger partial charge in [-0.25, -0.2) is 18.6 Å². The molecule has 2 N–H and O–H groups in total. The molecule has 0 spiro atoms. The molecule has 200 valence electrons. The lowest BCUT2D eigenvalue weighted by atomic mass is 9.99. The molecule has 0 radical (unpaired) electrons. The first-order valence-corrected chi connectivity index (χ1v) is 12.5. The lowest BCUT2D eigenvalue weighted by Gasteiger charge is -2.25. The Kier molecular flexibility index (Phi) is 7.46. The number of anilines is 2. The lowest BCUT2D eigenvalue weighted by Crippen LogP contribution is -2.50. The minimum Gasteiger partial charge on any atom is -0.308 e. The quantitative estimate of drug-likeness (QED) is 0.318. The highest BCUT2D eigenvalue weighted by molar-refractivity contribution is 6.21. The van der Waals surface area contributed by atoms with Crippen molar-refractivity contribution in [2.45, 2.75) is 13.1 Å². The summed E-state index contributed by atoms with van der Waals surface area (Å²) in [5.41, 5.74) is 3.11. The van der Waals surface area contributed by atoms with Crippen molar-refractivity contribution < 1.29 is 23.2 Å². The fourth-order valence-electron chi connectivity index (χ4n) is 4.50. The topological polar surface area (TPSA) is 90.9 Å². The van der Waals surface area contributed by atoms with Crippen molar-refractivity contribution in [3.63, 3.8) is 0 Å². The van der Waals surface area contributed by atoms with E-state index in [4.69, 9.17) is 0 Å². The van der Waals surface area contributed by atoms with E-state index >= 15 is 0 Å². The smallest absolute Gasteiger partial charge is 0.308 e. The predicted octanol–water partition coefficient (Wildman–Crippen LogP) is 5.49. The van der Waals surface area contributed by atoms with Gasteiger partial charge in [-0.05, 0) is 30.7 Å². The van der Waals surface area contributed by atoms with Crippen LogP contribution in [0.5, 0.6) is 0 Å². The molecule has 0 unspecified atom stereocenters. The molecule has 9 heteroatoms. The van der Waals surface area contributed by atoms with Gasteiger partial charge in [0.05, 0.1) is 23.6 Å². The summed E-state index contributed by atoms with van der Waals surface area (Å²) in [5.74, 6) is -2.73. The largest absolute Gasteiger partial charge is 0.321 e. The van der Waals surface area contributed by atoms with Crippen LogP contribution in [0.2, 0.25) is 0 Å². The number of carbonyl (C=O) groups excluding carboxylic acids is 3. The highest BCUT2D eigenvalue weighted by Gasteiger charge is 2.34. The molecule has 4 aromatic rings. The number of aryl methyl sites for hydroxylation is 1. The number of aliphatic imine (C=N–C) groups is 1. The van der Waals surface area contributed by atoms with Crippen molar-refractivity contribution in [3.8, 4) is 0 Å². The number of carbonyl (C=O) groups is 3. The van der Waals surface area contributed by atoms with Crippen molar-refractivity contribution in [1.29, 1.82) is 0 Å². The number of hydrogen-bond donors (Lipinski definition) is 2. The summed E-state index contributed by atoms with van der Waals surface area (Å²) in [4.78, 5) is 46.1. The second-order valence-electron chi connectivity index (χ2n) is 9.15. The van der Waals surface area contributed by atoms with Gasteiger partial charge in [-0.2, -0.15) is 0 Å². The fraction of sp³-hybridized carbons (Fsp3) is 0.0968. The van der Waals surface area contributed by atoms with Crippen LogP contribution in [-0.2, 0) is 4.79 Å². The molecule has 0 bridgehead atoms. The van der Waals surface area contributed by atoms with E-state index in [9.17, 15) is 23.2 Å². The van der Waals surface area contributed by atoms with Gasteiger partial charge in [0, 0.05) is 22.8 Å². The van der Waals surface area contributed by atoms with Gasteiger partial charge in [-0.15, -0.1) is 0 Å². The van der Waals surface area contributed by atoms with Crippen molar-refractivity contribution >= 4 is 34.8 Å². The number of Topliss-reactive ketones (excluding diaryl/α,β-unsaturated/α-hetero) is 1. The molecule has 0 saturated heterocycles. The minimum atomic E-state index is -1.46. The zero-order valence-corrected chi connectivity index (χ0v) is 21.4. The maximum atomic E-state index is 14.2. The van der Waals surface area contributed by atoms with Gasteiger partial charge in [-0.1, -0.05) is 72.8 Å². The molecule has 1 heterocycles. The third-order valence-corrected chi connectivity index (χ3v) is 6.45. The molecule has 1 aliphatic rings. The number of urea groups is 1. The van der Waals surface area contributed by atoms with E-state index in [2.05, 4.69) is 15.6 Å². The summed E-state index contributed by atoms with van der Waals surface area (Å²) in [5, 5.41) is 4.78. The van der Waals surface area contributed by atoms with E-state index in [1.165, 1.54) is 4.90 Å². The first-order chi connectivity index (χ1) is 19.3. The van der Waals surface area contributed by atoms with Crippen LogP contribution in [0.4, 0.5) is 25.0 Å². The number of ketones is 1. The third-order valence-electron chi connectivity index (χ3n) is 6.45. The normalized spacial score (nSPS) is 14.6. The van der Waals surface area contributed by atoms with E-state index in [0.717, 1.165) is 17.7 Å². The summed E-state index contributed by atoms with van der Waals surface area (Å²) in [7, 11) is 0. The van der Waals surface area contributed by atoms with Gasteiger partial charge in [0.2, 0.25) is 6.17 Å². The number of amides is 3. The number of para-hydroxylation sites is 1. The van der Waals surface area contributed by atoms with E-state index < -0.39 is 29.7 Å². The Bertz CT molecular complexity index is 1640. The number of halogens is 2. The molecule has 7 nitrogen and oxygen atoms in total. The second-order valence-corrected chi connectivity index (χ2v) is 9.15. The Balaban J connectivity index is 1.54. The van der Waals surface area contributed by atoms with Gasteiger partial charge in [-0.3, -0.25) is 9.59 Å². The highest BCUT2D eigenvalue weighted by Crippen LogP contribution is 2.29. The van der Waals surface area contributed by atoms with E-state index in [1.54, 1.807) is 36.4 Å². The standard InChI is InChI=1S/C31H24F2N4O3/c1-19-9-5-6-12-22(19)27(38)18-37-26-14-8-7-13-23(26)28(20-10-3-2-4-11-20)35-29(30(37)39)36-31(40)34-25-16-15-21(32)17-24(25)33/h2-17,29H,18H2,1H3,(H2,34,36,40)/t29-/m0/s1. The first-order valence-electron chi connectivity index (χ1n) is 12.5. The van der Waals surface area contributed by atoms with Crippen molar-refractivity contribution in [2.24, 2.45) is 4.99 Å². The third kappa shape index (κ3) is 5.49. The molecule has 1 atom stereocenters. The minimum absolute atomic E-state index is 0.276. The van der Waals surface area contributed by atoms with E-state index in [1.807, 2.05) is 49.4 Å². The molecule has 5 rings (SSSR count). The zero-order valence-electron chi connectivity index (χ0n) is 21.4. The number of hydrogen-bond acceptors (Lipinski definition) is 4. The zero-order chi connectivity index (χ0) is 28.2. The monoisotopic (exact) mass is 538 g/mol. The van der Waals surface area contributed by atoms with Gasteiger partial charge in [0.25, 0.3) is 5.91 Å². The Morgan fingerprint density at radius 2 is 1.60 bits per heavy atom. The Hall–Kier alpha value is -5.18. The van der Waals surface area contributed by atoms with Gasteiger partial charge >= 0.3 is 6.03 Å². The number of nitrogens with zero attached hydrogens (tertiary/aromatic N) is 2. The maximum Gasteiger partial charge on any atom is 0.321 e. The molecule has 0 aromatic heterocycles. The number of nitrogens with one attached hydrogen (secondary N) is 2. The first kappa shape index (κ1) is 26.4. The van der Waals surface area contributed by atoms with E-state index in [0.29, 0.717) is 34.2 Å². The molecule has 0 saturated carbocycles. The van der Waals surface area contributed by atoms with Crippen LogP contribution < -0.4 is 15.5 Å². The highest BCUT2D eigenvalue weighted by atomic mass is 19.1. The van der Waals surface area contributed by atoms with Crippen LogP contribution >= 0.6 is 0 Å². The Labute approximate surface area is 229 Å². The van der Waals surface area contributed by atoms with Crippen molar-refractivity contribution in [2.75, 3.05) is 16.8 Å². The number of rotatable bonds is 6. The van der Waals surface area contributed by atoms with Crippen molar-refractivity contribution in [1.82, 2.24) is 5.32 Å². The van der Waals surface area contributed by atoms with Crippen LogP contribution in [-0.4, -0.2) is 36.1 Å². The summed E-state index contributed by atoms with van der Waals surface area (Å²) >= 11 is 0. The summed E-state index contributed by atoms with van der Waals surface area (Å²) in [6.07, 6.45) is -1.46. The number of fused-ring (bicyclic) bond motifs is 1. The van der Waals surface area contributed by atoms with Gasteiger partial charge < -0.3 is 15.5 Å². The summed E-state index contributed by atoms with van der Waals surface area (Å²) < 4.78 is 27.5. The molecule has 40 heavy (non-hydrogen) atoms.